The van der Waals surface area contributed by atoms with E-state index in [0.717, 1.165) is 41.3 Å². The fourth-order valence-electron chi connectivity index (χ4n) is 4.11. The lowest BCUT2D eigenvalue weighted by Gasteiger charge is -2.10. The van der Waals surface area contributed by atoms with Crippen molar-refractivity contribution in [2.45, 2.75) is 38.0 Å². The van der Waals surface area contributed by atoms with Crippen molar-refractivity contribution >= 4 is 38.2 Å². The fraction of sp³-hybridized carbons (Fsp3) is 0.185. The maximum atomic E-state index is 12.9. The van der Waals surface area contributed by atoms with E-state index in [9.17, 15) is 18.3 Å². The molecule has 0 bridgehead atoms. The van der Waals surface area contributed by atoms with Crippen LogP contribution < -0.4 is 4.72 Å². The summed E-state index contributed by atoms with van der Waals surface area (Å²) in [4.78, 5) is 15.9. The number of anilines is 1. The van der Waals surface area contributed by atoms with Gasteiger partial charge in [0.05, 0.1) is 22.6 Å². The lowest BCUT2D eigenvalue weighted by atomic mass is 10.1. The number of nitrogens with zero attached hydrogens (tertiary/aromatic N) is 1. The average Bonchev–Trinajstić information content (AvgIpc) is 3.41. The quantitative estimate of drug-likeness (QED) is 0.323. The molecule has 2 heterocycles. The minimum absolute atomic E-state index is 0.0603. The maximum absolute atomic E-state index is 12.9. The van der Waals surface area contributed by atoms with Crippen LogP contribution in [0, 0.1) is 13.8 Å². The van der Waals surface area contributed by atoms with Crippen LogP contribution >= 0.6 is 0 Å². The van der Waals surface area contributed by atoms with Gasteiger partial charge in [-0.3, -0.25) is 4.72 Å². The Morgan fingerprint density at radius 1 is 1.08 bits per heavy atom. The summed E-state index contributed by atoms with van der Waals surface area (Å²) in [5.74, 6) is 0.801. The average molecular weight is 505 g/mol. The predicted molar refractivity (Wildman–Crippen MR) is 136 cm³/mol. The largest absolute Gasteiger partial charge is 0.478 e. The number of nitrogens with one attached hydrogen (secondary N) is 1. The molecule has 0 spiro atoms. The standard InChI is InChI=1S/C27H24N2O6S/c1-16-8-10-22(15-23(16)27(30)31)36(32,33)29-20-9-11-25-19(12-20)13-21(35-25)14-24-17(2)34-26(28-24)18-6-4-3-5-7-18/h4,6-13,15,29H,3,5,14H2,1-2H3,(H,30,31). The Labute approximate surface area is 208 Å². The van der Waals surface area contributed by atoms with Crippen molar-refractivity contribution in [3.8, 4) is 0 Å². The van der Waals surface area contributed by atoms with Crippen LogP contribution in [0.5, 0.6) is 0 Å². The highest BCUT2D eigenvalue weighted by atomic mass is 32.2. The molecule has 0 unspecified atom stereocenters. The molecule has 0 saturated heterocycles. The molecule has 9 heteroatoms. The molecule has 0 amide bonds. The third-order valence-corrected chi connectivity index (χ3v) is 7.42. The number of aromatic carboxylic acids is 1. The number of sulfonamides is 1. The van der Waals surface area contributed by atoms with Crippen LogP contribution in [0.15, 0.2) is 74.4 Å². The normalized spacial score (nSPS) is 13.7. The number of aromatic nitrogens is 1. The van der Waals surface area contributed by atoms with E-state index in [1.54, 1.807) is 25.1 Å². The second kappa shape index (κ2) is 9.16. The van der Waals surface area contributed by atoms with Gasteiger partial charge in [-0.05, 0) is 68.7 Å². The number of fused-ring (bicyclic) bond motifs is 1. The highest BCUT2D eigenvalue weighted by Gasteiger charge is 2.19. The maximum Gasteiger partial charge on any atom is 0.335 e. The first-order valence-corrected chi connectivity index (χ1v) is 12.9. The smallest absolute Gasteiger partial charge is 0.335 e. The number of rotatable bonds is 7. The Kier molecular flexibility index (Phi) is 6.01. The van der Waals surface area contributed by atoms with E-state index in [1.165, 1.54) is 12.1 Å². The van der Waals surface area contributed by atoms with Gasteiger partial charge in [0.25, 0.3) is 10.0 Å². The van der Waals surface area contributed by atoms with Crippen LogP contribution in [0.2, 0.25) is 0 Å². The van der Waals surface area contributed by atoms with Crippen LogP contribution in [0.25, 0.3) is 16.5 Å². The van der Waals surface area contributed by atoms with Crippen molar-refractivity contribution in [1.29, 1.82) is 0 Å². The summed E-state index contributed by atoms with van der Waals surface area (Å²) >= 11 is 0. The molecule has 2 N–H and O–H groups in total. The van der Waals surface area contributed by atoms with Crippen LogP contribution in [-0.4, -0.2) is 24.5 Å². The molecular weight excluding hydrogens is 480 g/mol. The van der Waals surface area contributed by atoms with Crippen molar-refractivity contribution < 1.29 is 27.2 Å². The van der Waals surface area contributed by atoms with Gasteiger partial charge in [0, 0.05) is 16.6 Å². The molecule has 36 heavy (non-hydrogen) atoms. The molecule has 1 aliphatic rings. The van der Waals surface area contributed by atoms with Gasteiger partial charge < -0.3 is 13.9 Å². The number of oxazole rings is 1. The number of carbonyl (C=O) groups is 1. The summed E-state index contributed by atoms with van der Waals surface area (Å²) in [6, 6.07) is 10.8. The van der Waals surface area contributed by atoms with Crippen LogP contribution in [0.3, 0.4) is 0 Å². The van der Waals surface area contributed by atoms with Crippen LogP contribution in [0.4, 0.5) is 5.69 Å². The van der Waals surface area contributed by atoms with Crippen LogP contribution in [-0.2, 0) is 16.4 Å². The van der Waals surface area contributed by atoms with Gasteiger partial charge in [-0.1, -0.05) is 24.3 Å². The number of hydrogen-bond donors (Lipinski definition) is 2. The number of benzene rings is 2. The van der Waals surface area contributed by atoms with E-state index >= 15 is 0 Å². The lowest BCUT2D eigenvalue weighted by Crippen LogP contribution is -2.14. The molecule has 2 aromatic heterocycles. The number of carboxylic acids is 1. The molecule has 184 valence electrons. The molecule has 0 fully saturated rings. The molecule has 5 rings (SSSR count). The van der Waals surface area contributed by atoms with Crippen molar-refractivity contribution in [1.82, 2.24) is 4.98 Å². The van der Waals surface area contributed by atoms with E-state index in [4.69, 9.17) is 8.83 Å². The van der Waals surface area contributed by atoms with E-state index in [2.05, 4.69) is 21.9 Å². The number of allylic oxidation sites excluding steroid dienone is 4. The van der Waals surface area contributed by atoms with Gasteiger partial charge >= 0.3 is 5.97 Å². The van der Waals surface area contributed by atoms with Crippen molar-refractivity contribution in [3.63, 3.8) is 0 Å². The predicted octanol–water partition coefficient (Wildman–Crippen LogP) is 5.86. The van der Waals surface area contributed by atoms with Crippen LogP contribution in [0.1, 0.15) is 51.9 Å². The molecule has 2 aromatic carbocycles. The summed E-state index contributed by atoms with van der Waals surface area (Å²) in [7, 11) is -3.99. The zero-order chi connectivity index (χ0) is 25.4. The van der Waals surface area contributed by atoms with Gasteiger partial charge in [0.1, 0.15) is 17.1 Å². The van der Waals surface area contributed by atoms with Crippen molar-refractivity contribution in [3.05, 3.63) is 94.9 Å². The molecule has 4 aromatic rings. The number of carboxylic acid groups (broad SMARTS) is 1. The minimum atomic E-state index is -3.99. The summed E-state index contributed by atoms with van der Waals surface area (Å²) in [6.45, 7) is 3.48. The molecule has 1 aliphatic carbocycles. The highest BCUT2D eigenvalue weighted by Crippen LogP contribution is 2.28. The molecule has 0 radical (unpaired) electrons. The zero-order valence-electron chi connectivity index (χ0n) is 19.7. The van der Waals surface area contributed by atoms with Crippen molar-refractivity contribution in [2.24, 2.45) is 0 Å². The van der Waals surface area contributed by atoms with Gasteiger partial charge in [0.15, 0.2) is 0 Å². The Bertz CT molecular complexity index is 1660. The number of furan rings is 1. The Morgan fingerprint density at radius 2 is 1.92 bits per heavy atom. The molecule has 0 atom stereocenters. The number of aryl methyl sites for hydroxylation is 2. The SMILES string of the molecule is Cc1ccc(S(=O)(=O)Nc2ccc3oc(Cc4nc(C5=CCCC=C5)oc4C)cc3c2)cc1C(=O)O. The highest BCUT2D eigenvalue weighted by molar-refractivity contribution is 7.92. The first kappa shape index (κ1) is 23.6. The fourth-order valence-corrected chi connectivity index (χ4v) is 5.19. The first-order valence-electron chi connectivity index (χ1n) is 11.4. The summed E-state index contributed by atoms with van der Waals surface area (Å²) in [6.07, 6.45) is 8.64. The molecule has 0 saturated carbocycles. The van der Waals surface area contributed by atoms with E-state index < -0.39 is 16.0 Å². The van der Waals surface area contributed by atoms with Gasteiger partial charge in [-0.25, -0.2) is 18.2 Å². The Hall–Kier alpha value is -4.11. The summed E-state index contributed by atoms with van der Waals surface area (Å²) < 4.78 is 40.1. The Morgan fingerprint density at radius 3 is 2.67 bits per heavy atom. The zero-order valence-corrected chi connectivity index (χ0v) is 20.6. The summed E-state index contributed by atoms with van der Waals surface area (Å²) in [5.41, 5.74) is 3.11. The first-order chi connectivity index (χ1) is 17.2. The summed E-state index contributed by atoms with van der Waals surface area (Å²) in [5, 5.41) is 10.0. The van der Waals surface area contributed by atoms with Gasteiger partial charge in [-0.15, -0.1) is 0 Å². The molecular formula is C27H24N2O6S. The van der Waals surface area contributed by atoms with Gasteiger partial charge in [-0.2, -0.15) is 0 Å². The molecule has 8 nitrogen and oxygen atoms in total. The lowest BCUT2D eigenvalue weighted by molar-refractivity contribution is 0.0696. The van der Waals surface area contributed by atoms with Gasteiger partial charge in [0.2, 0.25) is 5.89 Å². The monoisotopic (exact) mass is 504 g/mol. The number of hydrogen-bond acceptors (Lipinski definition) is 6. The van der Waals surface area contributed by atoms with Crippen molar-refractivity contribution in [2.75, 3.05) is 4.72 Å². The van der Waals surface area contributed by atoms with E-state index in [1.807, 2.05) is 19.1 Å². The topological polar surface area (TPSA) is 123 Å². The minimum Gasteiger partial charge on any atom is -0.478 e. The third-order valence-electron chi connectivity index (χ3n) is 6.05. The third kappa shape index (κ3) is 4.70. The second-order valence-electron chi connectivity index (χ2n) is 8.69. The Balaban J connectivity index is 1.37. The molecule has 0 aliphatic heterocycles. The second-order valence-corrected chi connectivity index (χ2v) is 10.4. The van der Waals surface area contributed by atoms with E-state index in [0.29, 0.717) is 34.9 Å². The van der Waals surface area contributed by atoms with E-state index in [-0.39, 0.29) is 10.5 Å².